The standard InChI is InChI=1S/C18H19N3O2/c1-23-16-5-6-17-12(8-16)3-2-4-13(17)10-21-18(22)14-7-15(9-19)20-11-14/h5-8,11,13,20H,2-4,10H2,1H3,(H,21,22)/t13-/m0/s1. The number of carbonyl (C=O) groups excluding carboxylic acids is 1. The number of methoxy groups -OCH3 is 1. The number of H-pyrrole nitrogens is 1. The molecule has 1 aliphatic rings. The fourth-order valence-corrected chi connectivity index (χ4v) is 3.14. The highest BCUT2D eigenvalue weighted by atomic mass is 16.5. The number of nitrogens with one attached hydrogen (secondary N) is 2. The second-order valence-electron chi connectivity index (χ2n) is 5.78. The molecule has 2 aromatic rings. The Labute approximate surface area is 135 Å². The van der Waals surface area contributed by atoms with E-state index in [0.717, 1.165) is 25.0 Å². The second kappa shape index (κ2) is 6.57. The number of nitriles is 1. The van der Waals surface area contributed by atoms with Crippen molar-refractivity contribution in [2.45, 2.75) is 25.2 Å². The monoisotopic (exact) mass is 309 g/mol. The van der Waals surface area contributed by atoms with Gasteiger partial charge in [-0.25, -0.2) is 0 Å². The van der Waals surface area contributed by atoms with E-state index in [-0.39, 0.29) is 5.91 Å². The maximum atomic E-state index is 12.2. The van der Waals surface area contributed by atoms with Gasteiger partial charge in [-0.05, 0) is 48.6 Å². The Bertz CT molecular complexity index is 758. The lowest BCUT2D eigenvalue weighted by Crippen LogP contribution is -2.29. The quantitative estimate of drug-likeness (QED) is 0.911. The fraction of sp³-hybridized carbons (Fsp3) is 0.333. The number of rotatable bonds is 4. The number of aromatic amines is 1. The zero-order valence-corrected chi connectivity index (χ0v) is 13.1. The van der Waals surface area contributed by atoms with E-state index in [1.165, 1.54) is 11.1 Å². The van der Waals surface area contributed by atoms with Crippen molar-refractivity contribution < 1.29 is 9.53 Å². The van der Waals surface area contributed by atoms with Crippen molar-refractivity contribution in [3.63, 3.8) is 0 Å². The topological polar surface area (TPSA) is 77.9 Å². The molecule has 1 amide bonds. The molecule has 0 bridgehead atoms. The lowest BCUT2D eigenvalue weighted by atomic mass is 9.82. The minimum atomic E-state index is -0.150. The molecule has 5 nitrogen and oxygen atoms in total. The lowest BCUT2D eigenvalue weighted by Gasteiger charge is -2.26. The number of ether oxygens (including phenoxy) is 1. The van der Waals surface area contributed by atoms with Crippen molar-refractivity contribution >= 4 is 5.91 Å². The highest BCUT2D eigenvalue weighted by Gasteiger charge is 2.21. The Hall–Kier alpha value is -2.74. The zero-order valence-electron chi connectivity index (χ0n) is 13.1. The molecule has 0 unspecified atom stereocenters. The Morgan fingerprint density at radius 1 is 1.48 bits per heavy atom. The SMILES string of the molecule is COc1ccc2c(c1)CCC[C@H]2CNC(=O)c1c[nH]c(C#N)c1. The third kappa shape index (κ3) is 3.21. The van der Waals surface area contributed by atoms with Gasteiger partial charge in [0, 0.05) is 18.7 Å². The van der Waals surface area contributed by atoms with Crippen LogP contribution in [0.15, 0.2) is 30.5 Å². The van der Waals surface area contributed by atoms with Gasteiger partial charge in [-0.1, -0.05) is 6.07 Å². The summed E-state index contributed by atoms with van der Waals surface area (Å²) in [7, 11) is 1.68. The van der Waals surface area contributed by atoms with Crippen LogP contribution < -0.4 is 10.1 Å². The first kappa shape index (κ1) is 15.2. The van der Waals surface area contributed by atoms with Crippen LogP contribution in [0.5, 0.6) is 5.75 Å². The molecule has 1 heterocycles. The van der Waals surface area contributed by atoms with E-state index in [2.05, 4.69) is 22.4 Å². The first-order chi connectivity index (χ1) is 11.2. The fourth-order valence-electron chi connectivity index (χ4n) is 3.14. The maximum Gasteiger partial charge on any atom is 0.252 e. The van der Waals surface area contributed by atoms with Gasteiger partial charge in [-0.3, -0.25) is 4.79 Å². The molecule has 0 aliphatic heterocycles. The van der Waals surface area contributed by atoms with Gasteiger partial charge in [0.05, 0.1) is 12.7 Å². The number of carbonyl (C=O) groups is 1. The summed E-state index contributed by atoms with van der Waals surface area (Å²) in [6.07, 6.45) is 4.80. The van der Waals surface area contributed by atoms with Gasteiger partial charge >= 0.3 is 0 Å². The Morgan fingerprint density at radius 2 is 2.35 bits per heavy atom. The number of nitrogens with zero attached hydrogens (tertiary/aromatic N) is 1. The summed E-state index contributed by atoms with van der Waals surface area (Å²) in [6.45, 7) is 0.602. The normalized spacial score (nSPS) is 16.3. The summed E-state index contributed by atoms with van der Waals surface area (Å²) in [5.74, 6) is 1.05. The smallest absolute Gasteiger partial charge is 0.252 e. The van der Waals surface area contributed by atoms with Crippen LogP contribution in [0, 0.1) is 11.3 Å². The summed E-state index contributed by atoms with van der Waals surface area (Å²) >= 11 is 0. The van der Waals surface area contributed by atoms with E-state index in [1.54, 1.807) is 19.4 Å². The molecule has 1 atom stereocenters. The summed E-state index contributed by atoms with van der Waals surface area (Å²) in [6, 6.07) is 9.72. The molecule has 2 N–H and O–H groups in total. The van der Waals surface area contributed by atoms with Gasteiger partial charge in [0.1, 0.15) is 17.5 Å². The van der Waals surface area contributed by atoms with Crippen LogP contribution in [0.4, 0.5) is 0 Å². The number of hydrogen-bond acceptors (Lipinski definition) is 3. The van der Waals surface area contributed by atoms with Crippen molar-refractivity contribution in [2.75, 3.05) is 13.7 Å². The van der Waals surface area contributed by atoms with Gasteiger partial charge < -0.3 is 15.0 Å². The minimum absolute atomic E-state index is 0.150. The van der Waals surface area contributed by atoms with E-state index in [0.29, 0.717) is 23.7 Å². The average molecular weight is 309 g/mol. The highest BCUT2D eigenvalue weighted by Crippen LogP contribution is 2.33. The van der Waals surface area contributed by atoms with Crippen LogP contribution in [0.1, 0.15) is 45.9 Å². The average Bonchev–Trinajstić information content (AvgIpc) is 3.08. The van der Waals surface area contributed by atoms with Crippen molar-refractivity contribution in [3.05, 3.63) is 52.8 Å². The molecule has 0 spiro atoms. The highest BCUT2D eigenvalue weighted by molar-refractivity contribution is 5.94. The number of fused-ring (bicyclic) bond motifs is 1. The van der Waals surface area contributed by atoms with Crippen molar-refractivity contribution in [1.82, 2.24) is 10.3 Å². The number of hydrogen-bond donors (Lipinski definition) is 2. The third-order valence-electron chi connectivity index (χ3n) is 4.36. The first-order valence-corrected chi connectivity index (χ1v) is 7.75. The first-order valence-electron chi connectivity index (χ1n) is 7.75. The summed E-state index contributed by atoms with van der Waals surface area (Å²) < 4.78 is 5.28. The van der Waals surface area contributed by atoms with Gasteiger partial charge in [0.25, 0.3) is 5.91 Å². The van der Waals surface area contributed by atoms with Gasteiger partial charge in [-0.2, -0.15) is 5.26 Å². The van der Waals surface area contributed by atoms with Crippen LogP contribution >= 0.6 is 0 Å². The second-order valence-corrected chi connectivity index (χ2v) is 5.78. The van der Waals surface area contributed by atoms with Crippen LogP contribution in [0.25, 0.3) is 0 Å². The molecule has 118 valence electrons. The lowest BCUT2D eigenvalue weighted by molar-refractivity contribution is 0.0950. The van der Waals surface area contributed by atoms with Crippen LogP contribution in [0.3, 0.4) is 0 Å². The maximum absolute atomic E-state index is 12.2. The third-order valence-corrected chi connectivity index (χ3v) is 4.36. The van der Waals surface area contributed by atoms with E-state index in [9.17, 15) is 4.79 Å². The Morgan fingerprint density at radius 3 is 3.09 bits per heavy atom. The van der Waals surface area contributed by atoms with E-state index >= 15 is 0 Å². The Balaban J connectivity index is 1.68. The number of aryl methyl sites for hydroxylation is 1. The summed E-state index contributed by atoms with van der Waals surface area (Å²) in [5, 5.41) is 11.8. The van der Waals surface area contributed by atoms with Gasteiger partial charge in [-0.15, -0.1) is 0 Å². The van der Waals surface area contributed by atoms with Gasteiger partial charge in [0.2, 0.25) is 0 Å². The molecule has 0 saturated heterocycles. The van der Waals surface area contributed by atoms with Crippen LogP contribution in [-0.4, -0.2) is 24.5 Å². The predicted octanol–water partition coefficient (Wildman–Crippen LogP) is 2.74. The number of aromatic nitrogens is 1. The van der Waals surface area contributed by atoms with E-state index in [4.69, 9.17) is 10.00 Å². The molecule has 0 saturated carbocycles. The zero-order chi connectivity index (χ0) is 16.2. The summed E-state index contributed by atoms with van der Waals surface area (Å²) in [5.41, 5.74) is 3.49. The number of amides is 1. The number of benzene rings is 1. The van der Waals surface area contributed by atoms with Crippen molar-refractivity contribution in [2.24, 2.45) is 0 Å². The van der Waals surface area contributed by atoms with E-state index < -0.39 is 0 Å². The molecule has 0 fully saturated rings. The van der Waals surface area contributed by atoms with Crippen molar-refractivity contribution in [3.8, 4) is 11.8 Å². The van der Waals surface area contributed by atoms with Crippen LogP contribution in [-0.2, 0) is 6.42 Å². The molecule has 3 rings (SSSR count). The van der Waals surface area contributed by atoms with Gasteiger partial charge in [0.15, 0.2) is 0 Å². The molecule has 1 aromatic heterocycles. The van der Waals surface area contributed by atoms with Crippen molar-refractivity contribution in [1.29, 1.82) is 5.26 Å². The largest absolute Gasteiger partial charge is 0.497 e. The minimum Gasteiger partial charge on any atom is -0.497 e. The molecule has 0 radical (unpaired) electrons. The van der Waals surface area contributed by atoms with Crippen LogP contribution in [0.2, 0.25) is 0 Å². The summed E-state index contributed by atoms with van der Waals surface area (Å²) in [4.78, 5) is 14.9. The molecular formula is C18H19N3O2. The predicted molar refractivity (Wildman–Crippen MR) is 86.5 cm³/mol. The molecule has 1 aromatic carbocycles. The molecule has 23 heavy (non-hydrogen) atoms. The molecule has 1 aliphatic carbocycles. The molecular weight excluding hydrogens is 290 g/mol. The Kier molecular flexibility index (Phi) is 4.33. The van der Waals surface area contributed by atoms with E-state index in [1.807, 2.05) is 12.1 Å². The molecule has 5 heteroatoms.